The van der Waals surface area contributed by atoms with Crippen LogP contribution in [0.5, 0.6) is 5.75 Å². The van der Waals surface area contributed by atoms with Crippen molar-refractivity contribution in [2.24, 2.45) is 0 Å². The molecule has 70 valence electrons. The molecule has 1 aromatic rings. The molecule has 0 saturated carbocycles. The van der Waals surface area contributed by atoms with Crippen LogP contribution in [0.1, 0.15) is 5.56 Å². The number of phenolic OH excluding ortho intramolecular Hbond substituents is 1. The fourth-order valence-electron chi connectivity index (χ4n) is 0.818. The summed E-state index contributed by atoms with van der Waals surface area (Å²) < 4.78 is 50.3. The van der Waals surface area contributed by atoms with Gasteiger partial charge in [-0.25, -0.2) is 13.2 Å². The number of phenols is 1. The van der Waals surface area contributed by atoms with E-state index in [9.17, 15) is 17.6 Å². The zero-order chi connectivity index (χ0) is 10.2. The number of aromatic hydroxyl groups is 1. The third-order valence-electron chi connectivity index (χ3n) is 1.48. The summed E-state index contributed by atoms with van der Waals surface area (Å²) >= 11 is 0. The molecule has 0 radical (unpaired) electrons. The van der Waals surface area contributed by atoms with E-state index >= 15 is 0 Å². The largest absolute Gasteiger partial charge is 0.503 e. The first-order valence-electron chi connectivity index (χ1n) is 3.18. The molecule has 0 heterocycles. The Bertz CT molecular complexity index is 344. The van der Waals surface area contributed by atoms with Crippen LogP contribution in [0.25, 0.3) is 6.08 Å². The quantitative estimate of drug-likeness (QED) is 0.412. The second kappa shape index (κ2) is 3.08. The van der Waals surface area contributed by atoms with Crippen molar-refractivity contribution in [2.45, 2.75) is 0 Å². The Balaban J connectivity index is 3.66. The Hall–Kier alpha value is -1.52. The van der Waals surface area contributed by atoms with Crippen LogP contribution in [-0.4, -0.2) is 5.11 Å². The number of halogens is 4. The van der Waals surface area contributed by atoms with Gasteiger partial charge in [0, 0.05) is 0 Å². The van der Waals surface area contributed by atoms with E-state index in [0.717, 1.165) is 0 Å². The van der Waals surface area contributed by atoms with E-state index in [1.165, 1.54) is 0 Å². The average molecular weight is 192 g/mol. The molecule has 13 heavy (non-hydrogen) atoms. The SMILES string of the molecule is C=Cc1c(F)c(O)c(F)c(F)c1F. The second-order valence-corrected chi connectivity index (χ2v) is 2.22. The first-order chi connectivity index (χ1) is 6.00. The fourth-order valence-corrected chi connectivity index (χ4v) is 0.818. The van der Waals surface area contributed by atoms with Crippen molar-refractivity contribution in [2.75, 3.05) is 0 Å². The van der Waals surface area contributed by atoms with Crippen molar-refractivity contribution >= 4 is 6.08 Å². The molecule has 0 aliphatic carbocycles. The maximum absolute atomic E-state index is 12.7. The van der Waals surface area contributed by atoms with Gasteiger partial charge in [-0.1, -0.05) is 12.7 Å². The molecule has 0 fully saturated rings. The molecular weight excluding hydrogens is 188 g/mol. The molecule has 0 bridgehead atoms. The van der Waals surface area contributed by atoms with E-state index in [4.69, 9.17) is 5.11 Å². The van der Waals surface area contributed by atoms with E-state index in [1.54, 1.807) is 0 Å². The van der Waals surface area contributed by atoms with Crippen LogP contribution in [0.15, 0.2) is 6.58 Å². The maximum Gasteiger partial charge on any atom is 0.206 e. The van der Waals surface area contributed by atoms with E-state index in [-0.39, 0.29) is 0 Å². The molecule has 0 aliphatic heterocycles. The summed E-state index contributed by atoms with van der Waals surface area (Å²) in [6.45, 7) is 2.98. The van der Waals surface area contributed by atoms with Crippen LogP contribution >= 0.6 is 0 Å². The Morgan fingerprint density at radius 3 is 1.92 bits per heavy atom. The monoisotopic (exact) mass is 192 g/mol. The highest BCUT2D eigenvalue weighted by Crippen LogP contribution is 2.29. The lowest BCUT2D eigenvalue weighted by Gasteiger charge is -2.04. The first-order valence-corrected chi connectivity index (χ1v) is 3.18. The molecule has 0 aromatic heterocycles. The van der Waals surface area contributed by atoms with Crippen molar-refractivity contribution in [3.63, 3.8) is 0 Å². The lowest BCUT2D eigenvalue weighted by Crippen LogP contribution is -1.99. The minimum absolute atomic E-state index is 0.646. The van der Waals surface area contributed by atoms with Gasteiger partial charge in [-0.3, -0.25) is 0 Å². The van der Waals surface area contributed by atoms with Gasteiger partial charge in [0.1, 0.15) is 0 Å². The zero-order valence-electron chi connectivity index (χ0n) is 6.24. The maximum atomic E-state index is 12.7. The van der Waals surface area contributed by atoms with Gasteiger partial charge in [-0.15, -0.1) is 0 Å². The highest BCUT2D eigenvalue weighted by molar-refractivity contribution is 5.52. The Labute approximate surface area is 70.9 Å². The van der Waals surface area contributed by atoms with Crippen molar-refractivity contribution in [3.8, 4) is 5.75 Å². The van der Waals surface area contributed by atoms with Crippen LogP contribution in [0.3, 0.4) is 0 Å². The molecule has 0 unspecified atom stereocenters. The van der Waals surface area contributed by atoms with Gasteiger partial charge in [0.2, 0.25) is 5.82 Å². The summed E-state index contributed by atoms with van der Waals surface area (Å²) in [6.07, 6.45) is 0.646. The van der Waals surface area contributed by atoms with Crippen LogP contribution in [0, 0.1) is 23.3 Å². The summed E-state index contributed by atoms with van der Waals surface area (Å²) in [5.41, 5.74) is -0.892. The average Bonchev–Trinajstić information content (AvgIpc) is 2.13. The number of hydrogen-bond donors (Lipinski definition) is 1. The molecule has 0 aliphatic rings. The molecule has 1 nitrogen and oxygen atoms in total. The molecule has 0 amide bonds. The first kappa shape index (κ1) is 9.57. The summed E-state index contributed by atoms with van der Waals surface area (Å²) in [5, 5.41) is 8.62. The lowest BCUT2D eigenvalue weighted by atomic mass is 10.1. The molecule has 0 saturated heterocycles. The van der Waals surface area contributed by atoms with Gasteiger partial charge in [0.15, 0.2) is 23.2 Å². The van der Waals surface area contributed by atoms with Crippen molar-refractivity contribution < 1.29 is 22.7 Å². The summed E-state index contributed by atoms with van der Waals surface area (Å²) in [4.78, 5) is 0. The Morgan fingerprint density at radius 2 is 1.46 bits per heavy atom. The van der Waals surface area contributed by atoms with Crippen molar-refractivity contribution in [3.05, 3.63) is 35.4 Å². The molecule has 1 rings (SSSR count). The van der Waals surface area contributed by atoms with Crippen molar-refractivity contribution in [1.82, 2.24) is 0 Å². The molecule has 0 atom stereocenters. The third kappa shape index (κ3) is 1.26. The smallest absolute Gasteiger partial charge is 0.206 e. The Kier molecular flexibility index (Phi) is 2.27. The van der Waals surface area contributed by atoms with Gasteiger partial charge in [-0.2, -0.15) is 4.39 Å². The summed E-state index contributed by atoms with van der Waals surface area (Å²) in [6, 6.07) is 0. The van der Waals surface area contributed by atoms with Gasteiger partial charge >= 0.3 is 0 Å². The number of hydrogen-bond acceptors (Lipinski definition) is 1. The van der Waals surface area contributed by atoms with Gasteiger partial charge in [0.05, 0.1) is 5.56 Å². The normalized spacial score (nSPS) is 10.2. The Morgan fingerprint density at radius 1 is 0.923 bits per heavy atom. The van der Waals surface area contributed by atoms with Crippen LogP contribution in [0.4, 0.5) is 17.6 Å². The van der Waals surface area contributed by atoms with E-state index in [0.29, 0.717) is 6.08 Å². The minimum atomic E-state index is -1.94. The summed E-state index contributed by atoms with van der Waals surface area (Å²) in [5.74, 6) is -8.68. The molecular formula is C8H4F4O. The minimum Gasteiger partial charge on any atom is -0.503 e. The predicted octanol–water partition coefficient (Wildman–Crippen LogP) is 2.59. The number of benzene rings is 1. The van der Waals surface area contributed by atoms with Crippen LogP contribution in [-0.2, 0) is 0 Å². The highest BCUT2D eigenvalue weighted by Gasteiger charge is 2.23. The summed E-state index contributed by atoms with van der Waals surface area (Å²) in [7, 11) is 0. The third-order valence-corrected chi connectivity index (χ3v) is 1.48. The zero-order valence-corrected chi connectivity index (χ0v) is 6.24. The standard InChI is InChI=1S/C8H4F4O/c1-2-3-4(9)6(11)7(12)8(13)5(3)10/h2,13H,1H2. The highest BCUT2D eigenvalue weighted by atomic mass is 19.2. The van der Waals surface area contributed by atoms with Crippen LogP contribution < -0.4 is 0 Å². The molecule has 1 N–H and O–H groups in total. The van der Waals surface area contributed by atoms with Crippen LogP contribution in [0.2, 0.25) is 0 Å². The van der Waals surface area contributed by atoms with Gasteiger partial charge in [0.25, 0.3) is 0 Å². The second-order valence-electron chi connectivity index (χ2n) is 2.22. The van der Waals surface area contributed by atoms with E-state index < -0.39 is 34.6 Å². The van der Waals surface area contributed by atoms with E-state index in [2.05, 4.69) is 6.58 Å². The molecule has 0 spiro atoms. The molecule has 1 aromatic carbocycles. The van der Waals surface area contributed by atoms with E-state index in [1.807, 2.05) is 0 Å². The predicted molar refractivity (Wildman–Crippen MR) is 38.0 cm³/mol. The fraction of sp³-hybridized carbons (Fsp3) is 0. The topological polar surface area (TPSA) is 20.2 Å². The molecule has 5 heteroatoms. The van der Waals surface area contributed by atoms with Gasteiger partial charge < -0.3 is 5.11 Å². The van der Waals surface area contributed by atoms with Crippen molar-refractivity contribution in [1.29, 1.82) is 0 Å². The number of rotatable bonds is 1. The lowest BCUT2D eigenvalue weighted by molar-refractivity contribution is 0.357. The van der Waals surface area contributed by atoms with Gasteiger partial charge in [-0.05, 0) is 0 Å².